The topological polar surface area (TPSA) is 78.3 Å². The third kappa shape index (κ3) is 5.43. The molecule has 0 radical (unpaired) electrons. The lowest BCUT2D eigenvalue weighted by atomic mass is 10.0. The Morgan fingerprint density at radius 1 is 1.08 bits per heavy atom. The van der Waals surface area contributed by atoms with Gasteiger partial charge in [-0.15, -0.1) is 0 Å². The minimum Gasteiger partial charge on any atom is -0.493 e. The van der Waals surface area contributed by atoms with E-state index in [1.165, 1.54) is 0 Å². The van der Waals surface area contributed by atoms with Crippen molar-refractivity contribution in [2.75, 3.05) is 25.1 Å². The molecule has 1 atom stereocenters. The molecule has 1 aliphatic rings. The zero-order valence-electron chi connectivity index (χ0n) is 22.1. The van der Waals surface area contributed by atoms with Crippen molar-refractivity contribution in [3.05, 3.63) is 96.1 Å². The molecule has 4 heterocycles. The monoisotopic (exact) mass is 520 g/mol. The number of carbonyl (C=O) groups is 1. The summed E-state index contributed by atoms with van der Waals surface area (Å²) in [5, 5.41) is 5.50. The molecule has 5 aromatic rings. The van der Waals surface area contributed by atoms with E-state index in [1.54, 1.807) is 0 Å². The van der Waals surface area contributed by atoms with Crippen LogP contribution in [0.4, 0.5) is 5.69 Å². The number of carbonyl (C=O) groups excluding carboxylic acids is 1. The number of nitrogens with zero attached hydrogens (tertiary/aromatic N) is 3. The van der Waals surface area contributed by atoms with Gasteiger partial charge < -0.3 is 19.4 Å². The fourth-order valence-corrected chi connectivity index (χ4v) is 5.32. The standard InChI is InChI=1S/C32H32N4O3/c1-2-38-32(37)20-31(24-18-22-6-3-4-7-27(22)34-21-24)36-16-13-23-19-26(10-12-30(23)36)39-17-14-25-9-11-28-29(35-25)8-5-15-33-28/h3-4,6-7,9-13,16,18-19,21,31,33H,2,5,8,14-15,17,20H2,1H3. The summed E-state index contributed by atoms with van der Waals surface area (Å²) in [6.45, 7) is 3.76. The molecule has 0 aliphatic carbocycles. The SMILES string of the molecule is CCOC(=O)CC(c1cnc2ccccc2c1)n1ccc2cc(OCCc3ccc4c(n3)CCCN4)ccc21. The maximum Gasteiger partial charge on any atom is 0.308 e. The van der Waals surface area contributed by atoms with Gasteiger partial charge in [0.05, 0.1) is 42.6 Å². The lowest BCUT2D eigenvalue weighted by molar-refractivity contribution is -0.143. The quantitative estimate of drug-likeness (QED) is 0.236. The summed E-state index contributed by atoms with van der Waals surface area (Å²) in [6, 6.07) is 22.2. The van der Waals surface area contributed by atoms with Crippen LogP contribution in [0.25, 0.3) is 21.8 Å². The minimum atomic E-state index is -0.241. The van der Waals surface area contributed by atoms with E-state index in [0.717, 1.165) is 76.0 Å². The Labute approximate surface area is 227 Å². The van der Waals surface area contributed by atoms with Crippen LogP contribution < -0.4 is 10.1 Å². The van der Waals surface area contributed by atoms with E-state index >= 15 is 0 Å². The van der Waals surface area contributed by atoms with Gasteiger partial charge in [0.2, 0.25) is 0 Å². The van der Waals surface area contributed by atoms with Crippen molar-refractivity contribution in [1.29, 1.82) is 0 Å². The van der Waals surface area contributed by atoms with Crippen LogP contribution >= 0.6 is 0 Å². The van der Waals surface area contributed by atoms with E-state index in [4.69, 9.17) is 14.5 Å². The molecule has 39 heavy (non-hydrogen) atoms. The fraction of sp³-hybridized carbons (Fsp3) is 0.281. The summed E-state index contributed by atoms with van der Waals surface area (Å²) in [7, 11) is 0. The van der Waals surface area contributed by atoms with Gasteiger partial charge in [0.1, 0.15) is 5.75 Å². The highest BCUT2D eigenvalue weighted by atomic mass is 16.5. The second-order valence-corrected chi connectivity index (χ2v) is 9.86. The molecule has 0 fully saturated rings. The Balaban J connectivity index is 1.22. The van der Waals surface area contributed by atoms with Crippen LogP contribution in [0.3, 0.4) is 0 Å². The second-order valence-electron chi connectivity index (χ2n) is 9.86. The van der Waals surface area contributed by atoms with Gasteiger partial charge in [0.25, 0.3) is 0 Å². The predicted molar refractivity (Wildman–Crippen MR) is 153 cm³/mol. The van der Waals surface area contributed by atoms with Gasteiger partial charge in [-0.3, -0.25) is 14.8 Å². The highest BCUT2D eigenvalue weighted by Gasteiger charge is 2.21. The molecule has 7 heteroatoms. The normalized spacial score (nSPS) is 13.6. The van der Waals surface area contributed by atoms with E-state index in [2.05, 4.69) is 51.3 Å². The van der Waals surface area contributed by atoms with Crippen LogP contribution in [0.1, 0.15) is 42.8 Å². The molecule has 0 bridgehead atoms. The number of nitrogens with one attached hydrogen (secondary N) is 1. The first kappa shape index (κ1) is 24.9. The highest BCUT2D eigenvalue weighted by molar-refractivity contribution is 5.83. The molecular weight excluding hydrogens is 488 g/mol. The van der Waals surface area contributed by atoms with Crippen molar-refractivity contribution in [3.63, 3.8) is 0 Å². The van der Waals surface area contributed by atoms with Gasteiger partial charge in [0.15, 0.2) is 0 Å². The molecule has 3 aromatic heterocycles. The molecule has 0 spiro atoms. The fourth-order valence-electron chi connectivity index (χ4n) is 5.32. The lowest BCUT2D eigenvalue weighted by Gasteiger charge is -2.20. The van der Waals surface area contributed by atoms with Gasteiger partial charge in [-0.05, 0) is 73.9 Å². The molecule has 1 aliphatic heterocycles. The van der Waals surface area contributed by atoms with Crippen LogP contribution in [0.5, 0.6) is 5.75 Å². The van der Waals surface area contributed by atoms with Gasteiger partial charge >= 0.3 is 5.97 Å². The number of aromatic nitrogens is 3. The number of para-hydroxylation sites is 1. The third-order valence-electron chi connectivity index (χ3n) is 7.25. The number of hydrogen-bond donors (Lipinski definition) is 1. The molecular formula is C32H32N4O3. The number of fused-ring (bicyclic) bond motifs is 3. The molecule has 2 aromatic carbocycles. The van der Waals surface area contributed by atoms with Crippen LogP contribution in [-0.2, 0) is 22.4 Å². The number of aryl methyl sites for hydroxylation is 1. The molecule has 198 valence electrons. The van der Waals surface area contributed by atoms with E-state index in [-0.39, 0.29) is 18.4 Å². The van der Waals surface area contributed by atoms with E-state index in [9.17, 15) is 4.79 Å². The van der Waals surface area contributed by atoms with Crippen LogP contribution in [0.2, 0.25) is 0 Å². The number of ether oxygens (including phenoxy) is 2. The summed E-state index contributed by atoms with van der Waals surface area (Å²) >= 11 is 0. The first-order chi connectivity index (χ1) is 19.2. The van der Waals surface area contributed by atoms with Crippen molar-refractivity contribution < 1.29 is 14.3 Å². The summed E-state index contributed by atoms with van der Waals surface area (Å²) in [6.07, 6.45) is 7.01. The van der Waals surface area contributed by atoms with Crippen LogP contribution in [0.15, 0.2) is 79.1 Å². The Hall–Kier alpha value is -4.39. The zero-order valence-corrected chi connectivity index (χ0v) is 22.1. The Morgan fingerprint density at radius 3 is 2.92 bits per heavy atom. The van der Waals surface area contributed by atoms with Crippen LogP contribution in [0, 0.1) is 0 Å². The van der Waals surface area contributed by atoms with Gasteiger partial charge in [-0.1, -0.05) is 18.2 Å². The molecule has 1 unspecified atom stereocenters. The van der Waals surface area contributed by atoms with Gasteiger partial charge in [-0.2, -0.15) is 0 Å². The highest BCUT2D eigenvalue weighted by Crippen LogP contribution is 2.31. The molecule has 0 amide bonds. The number of pyridine rings is 2. The van der Waals surface area contributed by atoms with Crippen molar-refractivity contribution in [2.45, 2.75) is 38.6 Å². The van der Waals surface area contributed by atoms with Crippen molar-refractivity contribution >= 4 is 33.5 Å². The van der Waals surface area contributed by atoms with Gasteiger partial charge in [0, 0.05) is 47.3 Å². The lowest BCUT2D eigenvalue weighted by Crippen LogP contribution is -2.17. The van der Waals surface area contributed by atoms with E-state index in [1.807, 2.05) is 49.6 Å². The zero-order chi connectivity index (χ0) is 26.6. The minimum absolute atomic E-state index is 0.221. The average molecular weight is 521 g/mol. The Kier molecular flexibility index (Phi) is 7.13. The molecule has 0 saturated carbocycles. The summed E-state index contributed by atoms with van der Waals surface area (Å²) in [5.41, 5.74) is 6.27. The maximum absolute atomic E-state index is 12.6. The first-order valence-corrected chi connectivity index (χ1v) is 13.6. The smallest absolute Gasteiger partial charge is 0.308 e. The van der Waals surface area contributed by atoms with Gasteiger partial charge in [-0.25, -0.2) is 0 Å². The number of hydrogen-bond acceptors (Lipinski definition) is 6. The second kappa shape index (κ2) is 11.2. The predicted octanol–water partition coefficient (Wildman–Crippen LogP) is 6.11. The molecule has 7 nitrogen and oxygen atoms in total. The summed E-state index contributed by atoms with van der Waals surface area (Å²) in [5.74, 6) is 0.582. The largest absolute Gasteiger partial charge is 0.493 e. The van der Waals surface area contributed by atoms with Crippen molar-refractivity contribution in [1.82, 2.24) is 14.5 Å². The number of rotatable bonds is 9. The average Bonchev–Trinajstić information content (AvgIpc) is 3.39. The first-order valence-electron chi connectivity index (χ1n) is 13.6. The number of esters is 1. The summed E-state index contributed by atoms with van der Waals surface area (Å²) < 4.78 is 13.6. The molecule has 0 saturated heterocycles. The number of benzene rings is 2. The summed E-state index contributed by atoms with van der Waals surface area (Å²) in [4.78, 5) is 22.1. The Morgan fingerprint density at radius 2 is 2.00 bits per heavy atom. The molecule has 6 rings (SSSR count). The van der Waals surface area contributed by atoms with Crippen molar-refractivity contribution in [2.24, 2.45) is 0 Å². The third-order valence-corrected chi connectivity index (χ3v) is 7.25. The number of anilines is 1. The Bertz CT molecular complexity index is 1630. The van der Waals surface area contributed by atoms with E-state index in [0.29, 0.717) is 13.2 Å². The van der Waals surface area contributed by atoms with E-state index < -0.39 is 0 Å². The maximum atomic E-state index is 12.6. The van der Waals surface area contributed by atoms with Crippen molar-refractivity contribution in [3.8, 4) is 5.75 Å². The van der Waals surface area contributed by atoms with Crippen LogP contribution in [-0.4, -0.2) is 40.3 Å². The molecule has 1 N–H and O–H groups in total.